The van der Waals surface area contributed by atoms with E-state index in [1.165, 1.54) is 57.8 Å². The van der Waals surface area contributed by atoms with Crippen molar-refractivity contribution in [3.8, 4) is 0 Å². The Hall–Kier alpha value is -1.04. The third-order valence-corrected chi connectivity index (χ3v) is 4.62. The topological polar surface area (TPSA) is 0 Å². The van der Waals surface area contributed by atoms with E-state index < -0.39 is 0 Å². The first-order valence-corrected chi connectivity index (χ1v) is 9.74. The maximum Gasteiger partial charge on any atom is -0.0239 e. The molecule has 0 spiro atoms. The van der Waals surface area contributed by atoms with Crippen LogP contribution in [0.15, 0.2) is 48.6 Å². The van der Waals surface area contributed by atoms with Gasteiger partial charge in [0.1, 0.15) is 0 Å². The van der Waals surface area contributed by atoms with Gasteiger partial charge >= 0.3 is 0 Å². The number of unbranched alkanes of at least 4 members (excludes halogenated alkanes) is 3. The van der Waals surface area contributed by atoms with Crippen LogP contribution in [-0.4, -0.2) is 0 Å². The third kappa shape index (κ3) is 13.1. The summed E-state index contributed by atoms with van der Waals surface area (Å²) in [5.41, 5.74) is 3.22. The molecule has 1 atom stereocenters. The predicted molar refractivity (Wildman–Crippen MR) is 108 cm³/mol. The monoisotopic (exact) mass is 316 g/mol. The SMILES string of the molecule is C=CCCCCC=C(C)CCC(=CCC)CCCC(C=C)CC. The van der Waals surface area contributed by atoms with Crippen molar-refractivity contribution in [2.24, 2.45) is 5.92 Å². The van der Waals surface area contributed by atoms with E-state index in [-0.39, 0.29) is 0 Å². The molecule has 0 rings (SSSR count). The van der Waals surface area contributed by atoms with E-state index >= 15 is 0 Å². The Bertz CT molecular complexity index is 356. The standard InChI is InChI=1S/C23H40/c1-6-10-11-12-13-16-21(5)19-20-23(15-7-2)18-14-17-22(8-3)9-4/h6,8,15-16,22H,1,3,7,9-14,17-20H2,2,4-5H3. The van der Waals surface area contributed by atoms with E-state index in [1.807, 2.05) is 6.08 Å². The van der Waals surface area contributed by atoms with Gasteiger partial charge in [0.2, 0.25) is 0 Å². The maximum absolute atomic E-state index is 3.95. The molecule has 0 bridgehead atoms. The number of hydrogen-bond acceptors (Lipinski definition) is 0. The predicted octanol–water partition coefficient (Wildman–Crippen LogP) is 8.18. The molecule has 0 heterocycles. The van der Waals surface area contributed by atoms with E-state index in [0.29, 0.717) is 5.92 Å². The second-order valence-corrected chi connectivity index (χ2v) is 6.69. The van der Waals surface area contributed by atoms with Crippen LogP contribution >= 0.6 is 0 Å². The molecule has 0 aliphatic heterocycles. The molecule has 0 fully saturated rings. The lowest BCUT2D eigenvalue weighted by Crippen LogP contribution is -1.95. The van der Waals surface area contributed by atoms with Crippen molar-refractivity contribution in [2.45, 2.75) is 91.4 Å². The Balaban J connectivity index is 4.07. The molecule has 0 saturated carbocycles. The molecular weight excluding hydrogens is 276 g/mol. The van der Waals surface area contributed by atoms with Crippen LogP contribution in [0.5, 0.6) is 0 Å². The molecule has 0 heteroatoms. The second-order valence-electron chi connectivity index (χ2n) is 6.69. The molecule has 0 aromatic carbocycles. The summed E-state index contributed by atoms with van der Waals surface area (Å²) in [5.74, 6) is 0.704. The fourth-order valence-electron chi connectivity index (χ4n) is 2.94. The molecule has 23 heavy (non-hydrogen) atoms. The highest BCUT2D eigenvalue weighted by molar-refractivity contribution is 5.07. The summed E-state index contributed by atoms with van der Waals surface area (Å²) >= 11 is 0. The summed E-state index contributed by atoms with van der Waals surface area (Å²) in [6.45, 7) is 14.5. The summed E-state index contributed by atoms with van der Waals surface area (Å²) in [6.07, 6.45) is 22.7. The minimum Gasteiger partial charge on any atom is -0.103 e. The Morgan fingerprint density at radius 1 is 0.913 bits per heavy atom. The molecule has 132 valence electrons. The Kier molecular flexibility index (Phi) is 15.1. The summed E-state index contributed by atoms with van der Waals surface area (Å²) in [7, 11) is 0. The summed E-state index contributed by atoms with van der Waals surface area (Å²) in [4.78, 5) is 0. The highest BCUT2D eigenvalue weighted by Crippen LogP contribution is 2.21. The van der Waals surface area contributed by atoms with E-state index in [2.05, 4.69) is 52.2 Å². The summed E-state index contributed by atoms with van der Waals surface area (Å²) < 4.78 is 0. The molecule has 0 aliphatic rings. The van der Waals surface area contributed by atoms with Gasteiger partial charge < -0.3 is 0 Å². The Morgan fingerprint density at radius 2 is 1.65 bits per heavy atom. The van der Waals surface area contributed by atoms with Gasteiger partial charge in [0.05, 0.1) is 0 Å². The Labute approximate surface area is 146 Å². The lowest BCUT2D eigenvalue weighted by molar-refractivity contribution is 0.541. The summed E-state index contributed by atoms with van der Waals surface area (Å²) in [6, 6.07) is 0. The third-order valence-electron chi connectivity index (χ3n) is 4.62. The number of hydrogen-bond donors (Lipinski definition) is 0. The molecule has 0 N–H and O–H groups in total. The lowest BCUT2D eigenvalue weighted by atomic mass is 9.94. The van der Waals surface area contributed by atoms with Gasteiger partial charge in [-0.15, -0.1) is 13.2 Å². The smallest absolute Gasteiger partial charge is 0.0239 e. The van der Waals surface area contributed by atoms with Crippen molar-refractivity contribution in [2.75, 3.05) is 0 Å². The highest BCUT2D eigenvalue weighted by Gasteiger charge is 2.03. The molecular formula is C23H40. The van der Waals surface area contributed by atoms with Crippen LogP contribution in [0, 0.1) is 5.92 Å². The molecule has 1 unspecified atom stereocenters. The largest absolute Gasteiger partial charge is 0.103 e. The summed E-state index contributed by atoms with van der Waals surface area (Å²) in [5, 5.41) is 0. The Morgan fingerprint density at radius 3 is 2.26 bits per heavy atom. The van der Waals surface area contributed by atoms with Gasteiger partial charge in [0.15, 0.2) is 0 Å². The van der Waals surface area contributed by atoms with Gasteiger partial charge in [-0.1, -0.05) is 49.3 Å². The fraction of sp³-hybridized carbons (Fsp3) is 0.652. The zero-order valence-corrected chi connectivity index (χ0v) is 16.1. The van der Waals surface area contributed by atoms with Crippen molar-refractivity contribution >= 4 is 0 Å². The molecule has 0 radical (unpaired) electrons. The molecule has 0 nitrogen and oxygen atoms in total. The van der Waals surface area contributed by atoms with Gasteiger partial charge in [-0.3, -0.25) is 0 Å². The molecule has 0 saturated heterocycles. The highest BCUT2D eigenvalue weighted by atomic mass is 14.1. The zero-order chi connectivity index (χ0) is 17.3. The van der Waals surface area contributed by atoms with E-state index in [0.717, 1.165) is 12.8 Å². The van der Waals surface area contributed by atoms with Gasteiger partial charge in [0.25, 0.3) is 0 Å². The van der Waals surface area contributed by atoms with Crippen LogP contribution in [0.25, 0.3) is 0 Å². The number of allylic oxidation sites excluding steroid dienone is 6. The van der Waals surface area contributed by atoms with Crippen molar-refractivity contribution in [3.05, 3.63) is 48.6 Å². The van der Waals surface area contributed by atoms with Crippen LogP contribution < -0.4 is 0 Å². The first kappa shape index (κ1) is 22.0. The molecule has 0 aromatic rings. The van der Waals surface area contributed by atoms with Crippen LogP contribution in [0.4, 0.5) is 0 Å². The average Bonchev–Trinajstić information content (AvgIpc) is 2.56. The zero-order valence-electron chi connectivity index (χ0n) is 16.1. The average molecular weight is 317 g/mol. The maximum atomic E-state index is 3.95. The van der Waals surface area contributed by atoms with Gasteiger partial charge in [-0.25, -0.2) is 0 Å². The second kappa shape index (κ2) is 15.8. The van der Waals surface area contributed by atoms with Gasteiger partial charge in [-0.2, -0.15) is 0 Å². The molecule has 0 aromatic heterocycles. The number of rotatable bonds is 15. The van der Waals surface area contributed by atoms with Crippen molar-refractivity contribution in [1.82, 2.24) is 0 Å². The first-order chi connectivity index (χ1) is 11.2. The van der Waals surface area contributed by atoms with Crippen molar-refractivity contribution in [1.29, 1.82) is 0 Å². The van der Waals surface area contributed by atoms with E-state index in [1.54, 1.807) is 11.1 Å². The molecule has 0 aliphatic carbocycles. The van der Waals surface area contributed by atoms with Crippen molar-refractivity contribution in [3.63, 3.8) is 0 Å². The van der Waals surface area contributed by atoms with E-state index in [9.17, 15) is 0 Å². The first-order valence-electron chi connectivity index (χ1n) is 9.74. The minimum atomic E-state index is 0.704. The molecule has 0 amide bonds. The van der Waals surface area contributed by atoms with Crippen LogP contribution in [-0.2, 0) is 0 Å². The van der Waals surface area contributed by atoms with Crippen LogP contribution in [0.2, 0.25) is 0 Å². The van der Waals surface area contributed by atoms with Crippen LogP contribution in [0.1, 0.15) is 91.4 Å². The fourth-order valence-corrected chi connectivity index (χ4v) is 2.94. The van der Waals surface area contributed by atoms with Crippen molar-refractivity contribution < 1.29 is 0 Å². The lowest BCUT2D eigenvalue weighted by Gasteiger charge is -2.12. The van der Waals surface area contributed by atoms with Gasteiger partial charge in [-0.05, 0) is 83.5 Å². The van der Waals surface area contributed by atoms with Gasteiger partial charge in [0, 0.05) is 0 Å². The van der Waals surface area contributed by atoms with Crippen LogP contribution in [0.3, 0.4) is 0 Å². The normalized spacial score (nSPS) is 13.9. The minimum absolute atomic E-state index is 0.704. The van der Waals surface area contributed by atoms with E-state index in [4.69, 9.17) is 0 Å². The quantitative estimate of drug-likeness (QED) is 0.211.